The molecular formula is C13H14N2OS. The first-order chi connectivity index (χ1) is 8.27. The van der Waals surface area contributed by atoms with E-state index in [-0.39, 0.29) is 11.6 Å². The standard InChI is InChI=1S/C13H14N2OS/c16-12-10-7-3-4-8-11(10)14-13(17)15(12)9-5-1-2-6-9/h3-4,7-9H,1-2,5-6H2,(H,14,17). The molecule has 0 amide bonds. The number of fused-ring (bicyclic) bond motifs is 1. The van der Waals surface area contributed by atoms with Crippen LogP contribution in [0.2, 0.25) is 0 Å². The van der Waals surface area contributed by atoms with Gasteiger partial charge in [0, 0.05) is 6.04 Å². The van der Waals surface area contributed by atoms with Crippen LogP contribution < -0.4 is 5.56 Å². The van der Waals surface area contributed by atoms with E-state index >= 15 is 0 Å². The van der Waals surface area contributed by atoms with Crippen LogP contribution in [-0.2, 0) is 0 Å². The van der Waals surface area contributed by atoms with Crippen LogP contribution in [-0.4, -0.2) is 9.55 Å². The second-order valence-corrected chi connectivity index (χ2v) is 4.98. The molecule has 0 radical (unpaired) electrons. The van der Waals surface area contributed by atoms with E-state index in [0.29, 0.717) is 4.77 Å². The highest BCUT2D eigenvalue weighted by Crippen LogP contribution is 2.28. The molecule has 1 aromatic heterocycles. The van der Waals surface area contributed by atoms with Gasteiger partial charge in [0.25, 0.3) is 5.56 Å². The van der Waals surface area contributed by atoms with Crippen molar-refractivity contribution in [2.45, 2.75) is 31.7 Å². The van der Waals surface area contributed by atoms with Crippen molar-refractivity contribution in [3.8, 4) is 0 Å². The van der Waals surface area contributed by atoms with Crippen molar-refractivity contribution in [3.05, 3.63) is 39.4 Å². The molecule has 3 nitrogen and oxygen atoms in total. The molecular weight excluding hydrogens is 232 g/mol. The fourth-order valence-corrected chi connectivity index (χ4v) is 3.01. The summed E-state index contributed by atoms with van der Waals surface area (Å²) >= 11 is 5.31. The summed E-state index contributed by atoms with van der Waals surface area (Å²) in [5, 5.41) is 0.730. The van der Waals surface area contributed by atoms with E-state index < -0.39 is 0 Å². The van der Waals surface area contributed by atoms with Crippen molar-refractivity contribution in [2.24, 2.45) is 0 Å². The molecule has 0 unspecified atom stereocenters. The molecule has 17 heavy (non-hydrogen) atoms. The van der Waals surface area contributed by atoms with Gasteiger partial charge in [-0.3, -0.25) is 9.36 Å². The fourth-order valence-electron chi connectivity index (χ4n) is 2.67. The van der Waals surface area contributed by atoms with E-state index in [2.05, 4.69) is 4.98 Å². The first-order valence-corrected chi connectivity index (χ1v) is 6.42. The van der Waals surface area contributed by atoms with Gasteiger partial charge in [0.2, 0.25) is 0 Å². The fraction of sp³-hybridized carbons (Fsp3) is 0.385. The van der Waals surface area contributed by atoms with Gasteiger partial charge in [-0.15, -0.1) is 0 Å². The SMILES string of the molecule is O=c1c2ccccc2[nH]c(=S)n1C1CCCC1. The molecule has 1 aromatic carbocycles. The second kappa shape index (κ2) is 4.11. The van der Waals surface area contributed by atoms with Crippen LogP contribution in [0.5, 0.6) is 0 Å². The van der Waals surface area contributed by atoms with Crippen LogP contribution in [0.1, 0.15) is 31.7 Å². The van der Waals surface area contributed by atoms with Gasteiger partial charge < -0.3 is 4.98 Å². The van der Waals surface area contributed by atoms with Gasteiger partial charge in [-0.2, -0.15) is 0 Å². The Kier molecular flexibility index (Phi) is 2.59. The maximum atomic E-state index is 12.4. The Bertz CT molecular complexity index is 665. The van der Waals surface area contributed by atoms with Gasteiger partial charge in [-0.05, 0) is 37.2 Å². The number of hydrogen-bond acceptors (Lipinski definition) is 2. The average Bonchev–Trinajstić information content (AvgIpc) is 2.83. The molecule has 1 saturated carbocycles. The lowest BCUT2D eigenvalue weighted by atomic mass is 10.2. The van der Waals surface area contributed by atoms with E-state index in [1.807, 2.05) is 24.3 Å². The molecule has 0 atom stereocenters. The summed E-state index contributed by atoms with van der Waals surface area (Å²) in [6, 6.07) is 7.84. The molecule has 1 heterocycles. The van der Waals surface area contributed by atoms with Crippen molar-refractivity contribution in [3.63, 3.8) is 0 Å². The number of benzene rings is 1. The lowest BCUT2D eigenvalue weighted by Gasteiger charge is -2.14. The van der Waals surface area contributed by atoms with Crippen LogP contribution in [0.25, 0.3) is 10.9 Å². The number of rotatable bonds is 1. The summed E-state index contributed by atoms with van der Waals surface area (Å²) in [4.78, 5) is 15.6. The zero-order chi connectivity index (χ0) is 11.8. The Balaban J connectivity index is 2.31. The van der Waals surface area contributed by atoms with E-state index in [1.54, 1.807) is 4.57 Å². The highest BCUT2D eigenvalue weighted by atomic mass is 32.1. The number of hydrogen-bond donors (Lipinski definition) is 1. The minimum Gasteiger partial charge on any atom is -0.332 e. The van der Waals surface area contributed by atoms with E-state index in [0.717, 1.165) is 23.7 Å². The summed E-state index contributed by atoms with van der Waals surface area (Å²) in [5.41, 5.74) is 0.882. The smallest absolute Gasteiger partial charge is 0.262 e. The minimum absolute atomic E-state index is 0.0521. The van der Waals surface area contributed by atoms with E-state index in [1.165, 1.54) is 12.8 Å². The highest BCUT2D eigenvalue weighted by Gasteiger charge is 2.19. The first-order valence-electron chi connectivity index (χ1n) is 6.01. The van der Waals surface area contributed by atoms with Crippen LogP contribution in [0.15, 0.2) is 29.1 Å². The number of aromatic nitrogens is 2. The predicted molar refractivity (Wildman–Crippen MR) is 70.9 cm³/mol. The van der Waals surface area contributed by atoms with Gasteiger partial charge in [-0.1, -0.05) is 25.0 Å². The van der Waals surface area contributed by atoms with Crippen molar-refractivity contribution >= 4 is 23.1 Å². The van der Waals surface area contributed by atoms with Crippen LogP contribution in [0.3, 0.4) is 0 Å². The van der Waals surface area contributed by atoms with Gasteiger partial charge in [0.05, 0.1) is 10.9 Å². The molecule has 1 fully saturated rings. The maximum absolute atomic E-state index is 12.4. The van der Waals surface area contributed by atoms with E-state index in [9.17, 15) is 4.79 Å². The molecule has 1 N–H and O–H groups in total. The van der Waals surface area contributed by atoms with Gasteiger partial charge in [-0.25, -0.2) is 0 Å². The van der Waals surface area contributed by atoms with Gasteiger partial charge in [0.15, 0.2) is 4.77 Å². The summed E-state index contributed by atoms with van der Waals surface area (Å²) in [6.45, 7) is 0. The Morgan fingerprint density at radius 1 is 1.24 bits per heavy atom. The zero-order valence-electron chi connectivity index (χ0n) is 9.48. The van der Waals surface area contributed by atoms with Crippen LogP contribution in [0, 0.1) is 4.77 Å². The molecule has 1 aliphatic carbocycles. The monoisotopic (exact) mass is 246 g/mol. The zero-order valence-corrected chi connectivity index (χ0v) is 10.3. The Morgan fingerprint density at radius 2 is 1.94 bits per heavy atom. The molecule has 1 aliphatic rings. The molecule has 0 aliphatic heterocycles. The Morgan fingerprint density at radius 3 is 2.71 bits per heavy atom. The number of H-pyrrole nitrogens is 1. The summed E-state index contributed by atoms with van der Waals surface area (Å²) in [6.07, 6.45) is 4.52. The molecule has 0 bridgehead atoms. The summed E-state index contributed by atoms with van der Waals surface area (Å²) in [7, 11) is 0. The van der Waals surface area contributed by atoms with Crippen molar-refractivity contribution in [2.75, 3.05) is 0 Å². The van der Waals surface area contributed by atoms with Crippen molar-refractivity contribution in [1.82, 2.24) is 9.55 Å². The van der Waals surface area contributed by atoms with E-state index in [4.69, 9.17) is 12.2 Å². The summed E-state index contributed by atoms with van der Waals surface area (Å²) < 4.78 is 2.32. The van der Waals surface area contributed by atoms with Crippen molar-refractivity contribution in [1.29, 1.82) is 0 Å². The number of para-hydroxylation sites is 1. The lowest BCUT2D eigenvalue weighted by molar-refractivity contribution is 0.493. The van der Waals surface area contributed by atoms with Crippen LogP contribution >= 0.6 is 12.2 Å². The molecule has 2 aromatic rings. The normalized spacial score (nSPS) is 16.7. The number of nitrogens with zero attached hydrogens (tertiary/aromatic N) is 1. The van der Waals surface area contributed by atoms with Crippen molar-refractivity contribution < 1.29 is 0 Å². The molecule has 4 heteroatoms. The Hall–Kier alpha value is -1.42. The quantitative estimate of drug-likeness (QED) is 0.785. The average molecular weight is 246 g/mol. The Labute approximate surface area is 104 Å². The summed E-state index contributed by atoms with van der Waals surface area (Å²) in [5.74, 6) is 0. The lowest BCUT2D eigenvalue weighted by Crippen LogP contribution is -2.25. The highest BCUT2D eigenvalue weighted by molar-refractivity contribution is 7.71. The minimum atomic E-state index is 0.0521. The third kappa shape index (κ3) is 1.72. The topological polar surface area (TPSA) is 37.8 Å². The number of nitrogens with one attached hydrogen (secondary N) is 1. The molecule has 88 valence electrons. The maximum Gasteiger partial charge on any atom is 0.262 e. The molecule has 0 spiro atoms. The van der Waals surface area contributed by atoms with Gasteiger partial charge >= 0.3 is 0 Å². The predicted octanol–water partition coefficient (Wildman–Crippen LogP) is 3.17. The third-order valence-corrected chi connectivity index (χ3v) is 3.83. The first kappa shape index (κ1) is 10.7. The second-order valence-electron chi connectivity index (χ2n) is 4.59. The number of aromatic amines is 1. The molecule has 3 rings (SSSR count). The molecule has 0 saturated heterocycles. The largest absolute Gasteiger partial charge is 0.332 e. The third-order valence-electron chi connectivity index (χ3n) is 3.53. The van der Waals surface area contributed by atoms with Gasteiger partial charge in [0.1, 0.15) is 0 Å². The van der Waals surface area contributed by atoms with Crippen LogP contribution in [0.4, 0.5) is 0 Å².